The third kappa shape index (κ3) is 2.41. The molecule has 1 fully saturated rings. The second-order valence-corrected chi connectivity index (χ2v) is 6.05. The SMILES string of the molecule is CC1CCN(C(=N)/C(C#N)=C2\Nc3ccccc3N2C)CC1. The molecule has 5 nitrogen and oxygen atoms in total. The maximum Gasteiger partial charge on any atom is 0.142 e. The van der Waals surface area contributed by atoms with Gasteiger partial charge in [-0.15, -0.1) is 0 Å². The van der Waals surface area contributed by atoms with Gasteiger partial charge in [0.1, 0.15) is 23.3 Å². The van der Waals surface area contributed by atoms with Crippen molar-refractivity contribution in [3.8, 4) is 6.07 Å². The quantitative estimate of drug-likeness (QED) is 0.475. The highest BCUT2D eigenvalue weighted by Crippen LogP contribution is 2.36. The number of fused-ring (bicyclic) bond motifs is 1. The Morgan fingerprint density at radius 2 is 2.00 bits per heavy atom. The molecule has 2 aliphatic heterocycles. The number of likely N-dealkylation sites (tertiary alicyclic amines) is 1. The largest absolute Gasteiger partial charge is 0.356 e. The third-order valence-electron chi connectivity index (χ3n) is 4.54. The summed E-state index contributed by atoms with van der Waals surface area (Å²) in [5.41, 5.74) is 2.42. The zero-order valence-corrected chi connectivity index (χ0v) is 13.1. The Labute approximate surface area is 131 Å². The van der Waals surface area contributed by atoms with E-state index in [4.69, 9.17) is 5.41 Å². The number of hydrogen-bond donors (Lipinski definition) is 2. The Bertz CT molecular complexity index is 662. The molecule has 0 aromatic heterocycles. The maximum atomic E-state index is 9.59. The molecule has 0 unspecified atom stereocenters. The van der Waals surface area contributed by atoms with E-state index in [1.165, 1.54) is 0 Å². The lowest BCUT2D eigenvalue weighted by atomic mass is 9.98. The molecule has 0 radical (unpaired) electrons. The molecule has 3 rings (SSSR count). The zero-order chi connectivity index (χ0) is 15.7. The summed E-state index contributed by atoms with van der Waals surface area (Å²) in [6, 6.07) is 10.2. The molecule has 0 atom stereocenters. The molecular weight excluding hydrogens is 274 g/mol. The second-order valence-electron chi connectivity index (χ2n) is 6.05. The molecule has 0 amide bonds. The summed E-state index contributed by atoms with van der Waals surface area (Å²) in [6.07, 6.45) is 2.17. The summed E-state index contributed by atoms with van der Waals surface area (Å²) in [6.45, 7) is 3.96. The summed E-state index contributed by atoms with van der Waals surface area (Å²) in [4.78, 5) is 3.97. The molecule has 1 aromatic carbocycles. The van der Waals surface area contributed by atoms with Crippen LogP contribution in [0.3, 0.4) is 0 Å². The Hall–Kier alpha value is -2.48. The van der Waals surface area contributed by atoms with E-state index in [2.05, 4.69) is 18.3 Å². The Kier molecular flexibility index (Phi) is 3.76. The number of benzene rings is 1. The summed E-state index contributed by atoms with van der Waals surface area (Å²) >= 11 is 0. The first-order valence-corrected chi connectivity index (χ1v) is 7.70. The minimum Gasteiger partial charge on any atom is -0.356 e. The van der Waals surface area contributed by atoms with Gasteiger partial charge in [-0.2, -0.15) is 5.26 Å². The van der Waals surface area contributed by atoms with Crippen LogP contribution in [-0.4, -0.2) is 30.9 Å². The Balaban J connectivity index is 1.89. The highest BCUT2D eigenvalue weighted by atomic mass is 15.3. The van der Waals surface area contributed by atoms with Gasteiger partial charge in [0.25, 0.3) is 0 Å². The Morgan fingerprint density at radius 3 is 2.64 bits per heavy atom. The lowest BCUT2D eigenvalue weighted by Crippen LogP contribution is -2.39. The van der Waals surface area contributed by atoms with Crippen molar-refractivity contribution in [1.82, 2.24) is 4.90 Å². The number of nitriles is 1. The van der Waals surface area contributed by atoms with Crippen molar-refractivity contribution in [3.63, 3.8) is 0 Å². The first kappa shape index (κ1) is 14.5. The van der Waals surface area contributed by atoms with Gasteiger partial charge in [-0.1, -0.05) is 19.1 Å². The van der Waals surface area contributed by atoms with Gasteiger partial charge in [0.2, 0.25) is 0 Å². The monoisotopic (exact) mass is 295 g/mol. The second kappa shape index (κ2) is 5.72. The first-order chi connectivity index (χ1) is 10.6. The molecule has 1 saturated heterocycles. The van der Waals surface area contributed by atoms with Crippen LogP contribution in [0.2, 0.25) is 0 Å². The molecule has 0 bridgehead atoms. The van der Waals surface area contributed by atoms with Gasteiger partial charge in [-0.05, 0) is 30.9 Å². The van der Waals surface area contributed by atoms with Crippen LogP contribution < -0.4 is 10.2 Å². The third-order valence-corrected chi connectivity index (χ3v) is 4.54. The summed E-state index contributed by atoms with van der Waals surface area (Å²) < 4.78 is 0. The average molecular weight is 295 g/mol. The molecule has 22 heavy (non-hydrogen) atoms. The van der Waals surface area contributed by atoms with Gasteiger partial charge >= 0.3 is 0 Å². The van der Waals surface area contributed by atoms with Crippen molar-refractivity contribution in [2.24, 2.45) is 5.92 Å². The molecule has 2 N–H and O–H groups in total. The predicted molar refractivity (Wildman–Crippen MR) is 88.8 cm³/mol. The van der Waals surface area contributed by atoms with Crippen molar-refractivity contribution >= 4 is 17.2 Å². The molecule has 0 spiro atoms. The van der Waals surface area contributed by atoms with Gasteiger partial charge in [0.15, 0.2) is 0 Å². The van der Waals surface area contributed by atoms with Crippen LogP contribution in [-0.2, 0) is 0 Å². The lowest BCUT2D eigenvalue weighted by Gasteiger charge is -2.32. The number of hydrogen-bond acceptors (Lipinski definition) is 4. The van der Waals surface area contributed by atoms with Crippen LogP contribution in [0.4, 0.5) is 11.4 Å². The summed E-state index contributed by atoms with van der Waals surface area (Å²) in [5.74, 6) is 1.74. The highest BCUT2D eigenvalue weighted by Gasteiger charge is 2.28. The molecule has 5 heteroatoms. The van der Waals surface area contributed by atoms with Gasteiger partial charge in [0.05, 0.1) is 11.4 Å². The lowest BCUT2D eigenvalue weighted by molar-refractivity contribution is 0.279. The van der Waals surface area contributed by atoms with Crippen molar-refractivity contribution in [2.45, 2.75) is 19.8 Å². The minimum atomic E-state index is 0.330. The van der Waals surface area contributed by atoms with Crippen molar-refractivity contribution in [2.75, 3.05) is 30.4 Å². The van der Waals surface area contributed by atoms with Crippen LogP contribution in [0.5, 0.6) is 0 Å². The van der Waals surface area contributed by atoms with Crippen LogP contribution in [0, 0.1) is 22.7 Å². The normalized spacial score (nSPS) is 20.2. The highest BCUT2D eigenvalue weighted by molar-refractivity contribution is 6.02. The maximum absolute atomic E-state index is 9.59. The van der Waals surface area contributed by atoms with E-state index >= 15 is 0 Å². The number of nitrogens with zero attached hydrogens (tertiary/aromatic N) is 3. The number of anilines is 2. The van der Waals surface area contributed by atoms with E-state index in [-0.39, 0.29) is 0 Å². The molecule has 1 aromatic rings. The molecule has 2 heterocycles. The fourth-order valence-corrected chi connectivity index (χ4v) is 3.04. The van der Waals surface area contributed by atoms with E-state index in [0.29, 0.717) is 23.1 Å². The number of amidine groups is 1. The molecule has 0 saturated carbocycles. The van der Waals surface area contributed by atoms with Gasteiger partial charge in [0, 0.05) is 20.1 Å². The Morgan fingerprint density at radius 1 is 1.32 bits per heavy atom. The molecule has 114 valence electrons. The van der Waals surface area contributed by atoms with E-state index in [0.717, 1.165) is 37.3 Å². The van der Waals surface area contributed by atoms with Crippen molar-refractivity contribution in [1.29, 1.82) is 10.7 Å². The van der Waals surface area contributed by atoms with Crippen LogP contribution in [0.1, 0.15) is 19.8 Å². The predicted octanol–water partition coefficient (Wildman–Crippen LogP) is 2.99. The van der Waals surface area contributed by atoms with E-state index < -0.39 is 0 Å². The summed E-state index contributed by atoms with van der Waals surface area (Å²) in [7, 11) is 1.93. The number of para-hydroxylation sites is 2. The van der Waals surface area contributed by atoms with Crippen LogP contribution in [0.15, 0.2) is 35.7 Å². The van der Waals surface area contributed by atoms with Crippen LogP contribution >= 0.6 is 0 Å². The topological polar surface area (TPSA) is 66.2 Å². The van der Waals surface area contributed by atoms with Gasteiger partial charge < -0.3 is 15.1 Å². The first-order valence-electron chi connectivity index (χ1n) is 7.70. The average Bonchev–Trinajstić information content (AvgIpc) is 2.86. The zero-order valence-electron chi connectivity index (χ0n) is 13.1. The van der Waals surface area contributed by atoms with Gasteiger partial charge in [-0.25, -0.2) is 0 Å². The van der Waals surface area contributed by atoms with Crippen LogP contribution in [0.25, 0.3) is 0 Å². The molecular formula is C17H21N5. The van der Waals surface area contributed by atoms with Crippen molar-refractivity contribution < 1.29 is 0 Å². The van der Waals surface area contributed by atoms with E-state index in [1.807, 2.05) is 41.1 Å². The number of piperidine rings is 1. The molecule has 2 aliphatic rings. The smallest absolute Gasteiger partial charge is 0.142 e. The van der Waals surface area contributed by atoms with Gasteiger partial charge in [-0.3, -0.25) is 5.41 Å². The fraction of sp³-hybridized carbons (Fsp3) is 0.412. The van der Waals surface area contributed by atoms with E-state index in [9.17, 15) is 5.26 Å². The fourth-order valence-electron chi connectivity index (χ4n) is 3.04. The van der Waals surface area contributed by atoms with Crippen molar-refractivity contribution in [3.05, 3.63) is 35.7 Å². The molecule has 0 aliphatic carbocycles. The number of nitrogens with one attached hydrogen (secondary N) is 2. The number of rotatable bonds is 1. The van der Waals surface area contributed by atoms with E-state index in [1.54, 1.807) is 0 Å². The summed E-state index contributed by atoms with van der Waals surface area (Å²) in [5, 5.41) is 21.3. The standard InChI is InChI=1S/C17H21N5/c1-12-7-9-22(10-8-12)16(19)13(11-18)17-20-14-5-3-4-6-15(14)21(17)2/h3-6,12,19-20H,7-10H2,1-2H3/b17-13+,19-16?. The minimum absolute atomic E-state index is 0.330.